The summed E-state index contributed by atoms with van der Waals surface area (Å²) in [6.45, 7) is 15.4. The normalized spacial score (nSPS) is 17.9. The van der Waals surface area contributed by atoms with E-state index in [4.69, 9.17) is 0 Å². The fourth-order valence-corrected chi connectivity index (χ4v) is 3.14. The van der Waals surface area contributed by atoms with Gasteiger partial charge in [0.25, 0.3) is 0 Å². The van der Waals surface area contributed by atoms with Crippen molar-refractivity contribution < 1.29 is 4.79 Å². The molecule has 1 aliphatic heterocycles. The quantitative estimate of drug-likeness (QED) is 0.776. The Morgan fingerprint density at radius 2 is 1.75 bits per heavy atom. The molecule has 0 spiro atoms. The molecule has 1 saturated heterocycles. The van der Waals surface area contributed by atoms with E-state index < -0.39 is 0 Å². The average Bonchev–Trinajstić information content (AvgIpc) is 2.37. The topological polar surface area (TPSA) is 35.6 Å². The summed E-state index contributed by atoms with van der Waals surface area (Å²) in [7, 11) is 0. The molecule has 4 heteroatoms. The van der Waals surface area contributed by atoms with Gasteiger partial charge in [-0.1, -0.05) is 6.92 Å². The van der Waals surface area contributed by atoms with E-state index in [2.05, 4.69) is 44.8 Å². The van der Waals surface area contributed by atoms with Gasteiger partial charge in [0, 0.05) is 12.1 Å². The summed E-state index contributed by atoms with van der Waals surface area (Å²) in [6.07, 6.45) is 2.42. The number of hydrogen-bond donors (Lipinski definition) is 1. The molecule has 0 unspecified atom stereocenters. The average molecular weight is 283 g/mol. The maximum Gasteiger partial charge on any atom is 0.237 e. The highest BCUT2D eigenvalue weighted by molar-refractivity contribution is 5.78. The molecule has 0 saturated carbocycles. The zero-order valence-corrected chi connectivity index (χ0v) is 14.0. The van der Waals surface area contributed by atoms with Crippen LogP contribution in [0.15, 0.2) is 0 Å². The van der Waals surface area contributed by atoms with Crippen molar-refractivity contribution >= 4 is 5.91 Å². The summed E-state index contributed by atoms with van der Waals surface area (Å²) < 4.78 is 0. The largest absolute Gasteiger partial charge is 0.337 e. The van der Waals surface area contributed by atoms with Crippen LogP contribution < -0.4 is 5.32 Å². The van der Waals surface area contributed by atoms with Gasteiger partial charge in [0.15, 0.2) is 0 Å². The Hall–Kier alpha value is -0.610. The van der Waals surface area contributed by atoms with E-state index >= 15 is 0 Å². The minimum atomic E-state index is 0.278. The van der Waals surface area contributed by atoms with Crippen LogP contribution in [0.5, 0.6) is 0 Å². The Balaban J connectivity index is 2.37. The van der Waals surface area contributed by atoms with E-state index in [1.165, 1.54) is 12.8 Å². The zero-order chi connectivity index (χ0) is 15.1. The summed E-state index contributed by atoms with van der Waals surface area (Å²) >= 11 is 0. The Labute approximate surface area is 124 Å². The standard InChI is InChI=1S/C16H33N3O/c1-6-17-11-15-7-9-18(10-8-15)12-16(20)19(13(2)3)14(4)5/h13-15,17H,6-12H2,1-5H3. The van der Waals surface area contributed by atoms with E-state index in [9.17, 15) is 4.79 Å². The van der Waals surface area contributed by atoms with Gasteiger partial charge in [0.2, 0.25) is 5.91 Å². The first-order chi connectivity index (χ1) is 9.45. The van der Waals surface area contributed by atoms with Gasteiger partial charge in [-0.15, -0.1) is 0 Å². The summed E-state index contributed by atoms with van der Waals surface area (Å²) in [4.78, 5) is 16.7. The molecule has 1 aliphatic rings. The SMILES string of the molecule is CCNCC1CCN(CC(=O)N(C(C)C)C(C)C)CC1. The van der Waals surface area contributed by atoms with E-state index in [0.717, 1.165) is 32.1 Å². The van der Waals surface area contributed by atoms with Gasteiger partial charge in [-0.3, -0.25) is 9.69 Å². The van der Waals surface area contributed by atoms with Crippen molar-refractivity contribution in [2.24, 2.45) is 5.92 Å². The lowest BCUT2D eigenvalue weighted by atomic mass is 9.97. The summed E-state index contributed by atoms with van der Waals surface area (Å²) in [5, 5.41) is 3.43. The van der Waals surface area contributed by atoms with Crippen LogP contribution in [0.1, 0.15) is 47.5 Å². The second-order valence-electron chi connectivity index (χ2n) is 6.52. The monoisotopic (exact) mass is 283 g/mol. The molecule has 0 radical (unpaired) electrons. The fraction of sp³-hybridized carbons (Fsp3) is 0.938. The van der Waals surface area contributed by atoms with Gasteiger partial charge >= 0.3 is 0 Å². The summed E-state index contributed by atoms with van der Waals surface area (Å²) in [5.41, 5.74) is 0. The number of nitrogens with zero attached hydrogens (tertiary/aromatic N) is 2. The molecule has 1 N–H and O–H groups in total. The molecule has 20 heavy (non-hydrogen) atoms. The molecule has 118 valence electrons. The highest BCUT2D eigenvalue weighted by Gasteiger charge is 2.25. The molecule has 0 aromatic rings. The van der Waals surface area contributed by atoms with Crippen LogP contribution in [0, 0.1) is 5.92 Å². The first-order valence-electron chi connectivity index (χ1n) is 8.19. The number of rotatable bonds is 7. The van der Waals surface area contributed by atoms with Crippen LogP contribution >= 0.6 is 0 Å². The fourth-order valence-electron chi connectivity index (χ4n) is 3.14. The molecule has 0 atom stereocenters. The third-order valence-corrected chi connectivity index (χ3v) is 4.15. The van der Waals surface area contributed by atoms with Gasteiger partial charge in [-0.25, -0.2) is 0 Å². The van der Waals surface area contributed by atoms with E-state index in [1.54, 1.807) is 0 Å². The van der Waals surface area contributed by atoms with Crippen molar-refractivity contribution in [2.45, 2.75) is 59.5 Å². The smallest absolute Gasteiger partial charge is 0.237 e. The van der Waals surface area contributed by atoms with Gasteiger partial charge in [0.1, 0.15) is 0 Å². The second kappa shape index (κ2) is 8.63. The minimum absolute atomic E-state index is 0.278. The van der Waals surface area contributed by atoms with E-state index in [0.29, 0.717) is 6.54 Å². The zero-order valence-electron chi connectivity index (χ0n) is 14.0. The number of carbonyl (C=O) groups is 1. The molecule has 0 aromatic heterocycles. The molecule has 1 fully saturated rings. The number of piperidine rings is 1. The first kappa shape index (κ1) is 17.4. The van der Waals surface area contributed by atoms with Gasteiger partial charge in [-0.2, -0.15) is 0 Å². The summed E-state index contributed by atoms with van der Waals surface area (Å²) in [6, 6.07) is 0.572. The van der Waals surface area contributed by atoms with Crippen LogP contribution in [0.3, 0.4) is 0 Å². The van der Waals surface area contributed by atoms with Gasteiger partial charge in [-0.05, 0) is 72.6 Å². The summed E-state index contributed by atoms with van der Waals surface area (Å²) in [5.74, 6) is 1.06. The van der Waals surface area contributed by atoms with Crippen molar-refractivity contribution in [1.82, 2.24) is 15.1 Å². The molecule has 1 amide bonds. The molecule has 0 bridgehead atoms. The predicted molar refractivity (Wildman–Crippen MR) is 84.8 cm³/mol. The van der Waals surface area contributed by atoms with E-state index in [1.807, 2.05) is 4.90 Å². The van der Waals surface area contributed by atoms with Crippen molar-refractivity contribution in [1.29, 1.82) is 0 Å². The predicted octanol–water partition coefficient (Wildman–Crippen LogP) is 1.95. The highest BCUT2D eigenvalue weighted by Crippen LogP contribution is 2.17. The molecule has 1 rings (SSSR count). The lowest BCUT2D eigenvalue weighted by molar-refractivity contribution is -0.136. The molecule has 0 aromatic carbocycles. The van der Waals surface area contributed by atoms with Crippen LogP contribution in [0.4, 0.5) is 0 Å². The molecule has 0 aliphatic carbocycles. The maximum atomic E-state index is 12.4. The molecular formula is C16H33N3O. The van der Waals surface area contributed by atoms with Crippen LogP contribution in [-0.2, 0) is 4.79 Å². The number of amides is 1. The van der Waals surface area contributed by atoms with Crippen LogP contribution in [0.2, 0.25) is 0 Å². The van der Waals surface area contributed by atoms with Crippen LogP contribution in [-0.4, -0.2) is 60.5 Å². The second-order valence-corrected chi connectivity index (χ2v) is 6.52. The van der Waals surface area contributed by atoms with Crippen LogP contribution in [0.25, 0.3) is 0 Å². The third kappa shape index (κ3) is 5.41. The number of likely N-dealkylation sites (tertiary alicyclic amines) is 1. The molecule has 1 heterocycles. The maximum absolute atomic E-state index is 12.4. The Morgan fingerprint density at radius 1 is 1.20 bits per heavy atom. The lowest BCUT2D eigenvalue weighted by Crippen LogP contribution is -2.48. The Morgan fingerprint density at radius 3 is 2.20 bits per heavy atom. The number of carbonyl (C=O) groups excluding carboxylic acids is 1. The third-order valence-electron chi connectivity index (χ3n) is 4.15. The highest BCUT2D eigenvalue weighted by atomic mass is 16.2. The van der Waals surface area contributed by atoms with Crippen molar-refractivity contribution in [2.75, 3.05) is 32.7 Å². The van der Waals surface area contributed by atoms with E-state index in [-0.39, 0.29) is 18.0 Å². The van der Waals surface area contributed by atoms with Crippen molar-refractivity contribution in [3.05, 3.63) is 0 Å². The molecule has 4 nitrogen and oxygen atoms in total. The number of hydrogen-bond acceptors (Lipinski definition) is 3. The Kier molecular flexibility index (Phi) is 7.52. The van der Waals surface area contributed by atoms with Crippen molar-refractivity contribution in [3.8, 4) is 0 Å². The van der Waals surface area contributed by atoms with Gasteiger partial charge in [0.05, 0.1) is 6.54 Å². The number of nitrogens with one attached hydrogen (secondary N) is 1. The molecular weight excluding hydrogens is 250 g/mol. The Bertz CT molecular complexity index is 275. The minimum Gasteiger partial charge on any atom is -0.337 e. The van der Waals surface area contributed by atoms with Crippen molar-refractivity contribution in [3.63, 3.8) is 0 Å². The lowest BCUT2D eigenvalue weighted by Gasteiger charge is -2.36. The van der Waals surface area contributed by atoms with Gasteiger partial charge < -0.3 is 10.2 Å². The first-order valence-corrected chi connectivity index (χ1v) is 8.19.